The van der Waals surface area contributed by atoms with Gasteiger partial charge in [-0.25, -0.2) is 4.57 Å². The fourth-order valence-corrected chi connectivity index (χ4v) is 2.09. The summed E-state index contributed by atoms with van der Waals surface area (Å²) in [5.41, 5.74) is 3.47. The smallest absolute Gasteiger partial charge is 0.395 e. The average molecular weight is 268 g/mol. The molecule has 0 aromatic heterocycles. The van der Waals surface area contributed by atoms with E-state index in [-0.39, 0.29) is 8.69 Å². The zero-order chi connectivity index (χ0) is 13.5. The highest BCUT2D eigenvalue weighted by Crippen LogP contribution is 2.26. The van der Waals surface area contributed by atoms with Crippen LogP contribution in [0.4, 0.5) is 0 Å². The van der Waals surface area contributed by atoms with Crippen LogP contribution in [0.25, 0.3) is 11.1 Å². The fraction of sp³-hybridized carbons (Fsp3) is 0.125. The fourth-order valence-electron chi connectivity index (χ4n) is 1.88. The zero-order valence-electron chi connectivity index (χ0n) is 10.6. The Kier molecular flexibility index (Phi) is 4.72. The molecule has 2 aromatic carbocycles. The van der Waals surface area contributed by atoms with Crippen molar-refractivity contribution < 1.29 is 9.09 Å². The average Bonchev–Trinajstić information content (AvgIpc) is 2.47. The first-order valence-electron chi connectivity index (χ1n) is 5.93. The summed E-state index contributed by atoms with van der Waals surface area (Å²) in [5, 5.41) is 0. The van der Waals surface area contributed by atoms with Gasteiger partial charge < -0.3 is 4.52 Å². The van der Waals surface area contributed by atoms with Gasteiger partial charge in [-0.1, -0.05) is 42.3 Å². The maximum absolute atomic E-state index is 10.4. The molecule has 2 aromatic rings. The third kappa shape index (κ3) is 3.44. The Balaban J connectivity index is 2.34. The Bertz CT molecular complexity index is 621. The van der Waals surface area contributed by atoms with Crippen LogP contribution in [0.3, 0.4) is 0 Å². The lowest BCUT2D eigenvalue weighted by Crippen LogP contribution is -1.88. The molecule has 0 aliphatic heterocycles. The van der Waals surface area contributed by atoms with E-state index in [9.17, 15) is 4.57 Å². The standard InChI is InChI=1S/C16H13O2P/c1-2-3-6-13-7-4-5-8-16(13)14-9-11-15(12-10-14)18-19-17/h4-5,7-12H,6H2,1H3. The molecular formula is C16H13O2P. The molecule has 0 aliphatic carbocycles. The first-order chi connectivity index (χ1) is 9.35. The predicted octanol–water partition coefficient (Wildman–Crippen LogP) is 4.50. The minimum absolute atomic E-state index is 0.335. The molecule has 0 fully saturated rings. The van der Waals surface area contributed by atoms with Crippen LogP contribution in [-0.2, 0) is 11.0 Å². The van der Waals surface area contributed by atoms with Gasteiger partial charge in [0.15, 0.2) is 0 Å². The van der Waals surface area contributed by atoms with Gasteiger partial charge in [-0.15, -0.1) is 5.92 Å². The van der Waals surface area contributed by atoms with Gasteiger partial charge in [0.25, 0.3) is 0 Å². The van der Waals surface area contributed by atoms with Crippen molar-refractivity contribution in [1.29, 1.82) is 0 Å². The van der Waals surface area contributed by atoms with Crippen molar-refractivity contribution in [2.45, 2.75) is 13.3 Å². The SMILES string of the molecule is CC#CCc1ccccc1-c1ccc(OP=O)cc1. The molecule has 0 saturated carbocycles. The quantitative estimate of drug-likeness (QED) is 0.602. The van der Waals surface area contributed by atoms with Gasteiger partial charge in [-0.2, -0.15) is 0 Å². The van der Waals surface area contributed by atoms with Crippen molar-refractivity contribution in [1.82, 2.24) is 0 Å². The lowest BCUT2D eigenvalue weighted by Gasteiger charge is -2.07. The zero-order valence-corrected chi connectivity index (χ0v) is 11.5. The van der Waals surface area contributed by atoms with Crippen LogP contribution in [0.1, 0.15) is 12.5 Å². The molecule has 0 aliphatic rings. The molecule has 0 spiro atoms. The lowest BCUT2D eigenvalue weighted by atomic mass is 9.98. The summed E-state index contributed by atoms with van der Waals surface area (Å²) in [6.45, 7) is 1.84. The molecule has 2 rings (SSSR count). The highest BCUT2D eigenvalue weighted by atomic mass is 31.1. The molecule has 19 heavy (non-hydrogen) atoms. The first-order valence-corrected chi connectivity index (χ1v) is 6.66. The maximum Gasteiger partial charge on any atom is 0.395 e. The van der Waals surface area contributed by atoms with Gasteiger partial charge in [-0.3, -0.25) is 0 Å². The summed E-state index contributed by atoms with van der Waals surface area (Å²) < 4.78 is 15.2. The van der Waals surface area contributed by atoms with E-state index in [0.717, 1.165) is 17.5 Å². The molecule has 0 saturated heterocycles. The van der Waals surface area contributed by atoms with E-state index in [0.29, 0.717) is 5.75 Å². The van der Waals surface area contributed by atoms with Gasteiger partial charge in [0, 0.05) is 6.42 Å². The number of hydrogen-bond acceptors (Lipinski definition) is 2. The Morgan fingerprint density at radius 3 is 2.53 bits per heavy atom. The highest BCUT2D eigenvalue weighted by molar-refractivity contribution is 7.17. The molecule has 0 N–H and O–H groups in total. The van der Waals surface area contributed by atoms with Crippen LogP contribution < -0.4 is 4.52 Å². The van der Waals surface area contributed by atoms with Gasteiger partial charge >= 0.3 is 8.69 Å². The van der Waals surface area contributed by atoms with E-state index in [4.69, 9.17) is 4.52 Å². The second kappa shape index (κ2) is 6.73. The second-order valence-electron chi connectivity index (χ2n) is 3.95. The van der Waals surface area contributed by atoms with Crippen molar-refractivity contribution in [2.75, 3.05) is 0 Å². The molecule has 0 amide bonds. The molecule has 0 atom stereocenters. The largest absolute Gasteiger partial charge is 0.408 e. The summed E-state index contributed by atoms with van der Waals surface area (Å²) >= 11 is 0. The molecule has 0 unspecified atom stereocenters. The van der Waals surface area contributed by atoms with E-state index in [1.165, 1.54) is 5.56 Å². The Morgan fingerprint density at radius 2 is 1.84 bits per heavy atom. The van der Waals surface area contributed by atoms with Crippen LogP contribution in [0.2, 0.25) is 0 Å². The summed E-state index contributed by atoms with van der Waals surface area (Å²) in [6, 6.07) is 15.7. The minimum Gasteiger partial charge on any atom is -0.408 e. The van der Waals surface area contributed by atoms with Gasteiger partial charge in [0.1, 0.15) is 5.75 Å². The first kappa shape index (κ1) is 13.3. The third-order valence-corrected chi connectivity index (χ3v) is 3.07. The highest BCUT2D eigenvalue weighted by Gasteiger charge is 2.04. The normalized spacial score (nSPS) is 9.74. The molecule has 0 bridgehead atoms. The summed E-state index contributed by atoms with van der Waals surface area (Å²) in [4.78, 5) is 0. The second-order valence-corrected chi connectivity index (χ2v) is 4.28. The number of rotatable bonds is 4. The minimum atomic E-state index is -0.335. The van der Waals surface area contributed by atoms with Gasteiger partial charge in [-0.05, 0) is 35.7 Å². The summed E-state index contributed by atoms with van der Waals surface area (Å²) in [6.07, 6.45) is 0.740. The monoisotopic (exact) mass is 268 g/mol. The molecule has 0 heterocycles. The van der Waals surface area contributed by atoms with Crippen molar-refractivity contribution in [3.05, 3.63) is 54.1 Å². The topological polar surface area (TPSA) is 26.3 Å². The maximum atomic E-state index is 10.4. The third-order valence-electron chi connectivity index (χ3n) is 2.78. The van der Waals surface area contributed by atoms with Crippen LogP contribution in [0, 0.1) is 11.8 Å². The van der Waals surface area contributed by atoms with E-state index in [1.54, 1.807) is 0 Å². The molecule has 2 nitrogen and oxygen atoms in total. The van der Waals surface area contributed by atoms with Gasteiger partial charge in [0.2, 0.25) is 0 Å². The van der Waals surface area contributed by atoms with Crippen LogP contribution >= 0.6 is 8.69 Å². The van der Waals surface area contributed by atoms with Crippen molar-refractivity contribution in [2.24, 2.45) is 0 Å². The predicted molar refractivity (Wildman–Crippen MR) is 77.3 cm³/mol. The molecule has 3 heteroatoms. The summed E-state index contributed by atoms with van der Waals surface area (Å²) in [5.74, 6) is 6.59. The van der Waals surface area contributed by atoms with Crippen LogP contribution in [0.15, 0.2) is 48.5 Å². The van der Waals surface area contributed by atoms with Crippen molar-refractivity contribution in [3.63, 3.8) is 0 Å². The summed E-state index contributed by atoms with van der Waals surface area (Å²) in [7, 11) is -0.335. The van der Waals surface area contributed by atoms with Crippen molar-refractivity contribution in [3.8, 4) is 28.7 Å². The lowest BCUT2D eigenvalue weighted by molar-refractivity contribution is 0.525. The number of benzene rings is 2. The number of hydrogen-bond donors (Lipinski definition) is 0. The van der Waals surface area contributed by atoms with E-state index < -0.39 is 0 Å². The molecular weight excluding hydrogens is 255 g/mol. The molecule has 0 radical (unpaired) electrons. The van der Waals surface area contributed by atoms with Crippen LogP contribution in [-0.4, -0.2) is 0 Å². The van der Waals surface area contributed by atoms with Crippen molar-refractivity contribution >= 4 is 8.69 Å². The Hall–Kier alpha value is -2.10. The Morgan fingerprint density at radius 1 is 1.11 bits per heavy atom. The van der Waals surface area contributed by atoms with E-state index in [2.05, 4.69) is 24.0 Å². The van der Waals surface area contributed by atoms with E-state index in [1.807, 2.05) is 43.3 Å². The van der Waals surface area contributed by atoms with Crippen LogP contribution in [0.5, 0.6) is 5.75 Å². The van der Waals surface area contributed by atoms with Gasteiger partial charge in [0.05, 0.1) is 0 Å². The van der Waals surface area contributed by atoms with E-state index >= 15 is 0 Å². The Labute approximate surface area is 114 Å². The molecule has 94 valence electrons.